The average Bonchev–Trinajstić information content (AvgIpc) is 1.68. The first-order valence-corrected chi connectivity index (χ1v) is 2.92. The van der Waals surface area contributed by atoms with Crippen LogP contribution in [0.4, 0.5) is 0 Å². The van der Waals surface area contributed by atoms with E-state index in [0.29, 0.717) is 0 Å². The first-order valence-electron chi connectivity index (χ1n) is 1.34. The van der Waals surface area contributed by atoms with E-state index in [9.17, 15) is 8.42 Å². The van der Waals surface area contributed by atoms with Gasteiger partial charge in [0, 0.05) is 0 Å². The lowest BCUT2D eigenvalue weighted by Gasteiger charge is -1.89. The van der Waals surface area contributed by atoms with Gasteiger partial charge in [0.05, 0.1) is 0 Å². The zero-order valence-electron chi connectivity index (χ0n) is 3.36. The summed E-state index contributed by atoms with van der Waals surface area (Å²) in [6.07, 6.45) is 0. The van der Waals surface area contributed by atoms with Crippen molar-refractivity contribution in [3.63, 3.8) is 0 Å². The van der Waals surface area contributed by atoms with E-state index in [4.69, 9.17) is 5.11 Å². The maximum Gasteiger partial charge on any atom is 0.307 e. The summed E-state index contributed by atoms with van der Waals surface area (Å²) in [5, 5.41) is 7.80. The third-order valence-corrected chi connectivity index (χ3v) is 0.914. The molecule has 0 aliphatic carbocycles. The molecule has 0 bridgehead atoms. The minimum Gasteiger partial charge on any atom is -0.378 e. The van der Waals surface area contributed by atoms with Gasteiger partial charge in [-0.2, -0.15) is 18.6 Å². The van der Waals surface area contributed by atoms with E-state index in [1.807, 2.05) is 0 Å². The normalized spacial score (nSPS) is 11.7. The number of nitrogens with two attached hydrogens (primary N) is 1. The largest absolute Gasteiger partial charge is 0.378 e. The van der Waals surface area contributed by atoms with Crippen LogP contribution in [0, 0.1) is 0 Å². The SMILES string of the molecule is NOS(=O)(=O)CO. The fraction of sp³-hybridized carbons (Fsp3) is 1.00. The molecule has 0 saturated heterocycles. The first kappa shape index (κ1) is 6.83. The van der Waals surface area contributed by atoms with Gasteiger partial charge in [0.15, 0.2) is 5.94 Å². The Kier molecular flexibility index (Phi) is 2.16. The van der Waals surface area contributed by atoms with Crippen LogP contribution in [0.15, 0.2) is 0 Å². The second-order valence-corrected chi connectivity index (χ2v) is 2.35. The second-order valence-electron chi connectivity index (χ2n) is 0.783. The molecule has 0 amide bonds. The van der Waals surface area contributed by atoms with Crippen molar-refractivity contribution in [2.24, 2.45) is 5.90 Å². The summed E-state index contributed by atoms with van der Waals surface area (Å²) in [5.74, 6) is 3.09. The van der Waals surface area contributed by atoms with Gasteiger partial charge in [0.2, 0.25) is 0 Å². The van der Waals surface area contributed by atoms with Crippen molar-refractivity contribution < 1.29 is 17.8 Å². The molecule has 0 aromatic rings. The fourth-order valence-corrected chi connectivity index (χ4v) is 0.0913. The summed E-state index contributed by atoms with van der Waals surface area (Å²) in [7, 11) is -3.82. The molecule has 0 spiro atoms. The number of hydrogen-bond donors (Lipinski definition) is 2. The van der Waals surface area contributed by atoms with Gasteiger partial charge in [-0.05, 0) is 0 Å². The van der Waals surface area contributed by atoms with Crippen LogP contribution < -0.4 is 5.90 Å². The molecular formula is CH5NO4S. The van der Waals surface area contributed by atoms with Gasteiger partial charge in [0.1, 0.15) is 0 Å². The first-order chi connectivity index (χ1) is 3.12. The van der Waals surface area contributed by atoms with Gasteiger partial charge in [-0.15, -0.1) is 0 Å². The van der Waals surface area contributed by atoms with Crippen LogP contribution in [0.3, 0.4) is 0 Å². The minimum atomic E-state index is -3.82. The van der Waals surface area contributed by atoms with E-state index in [1.54, 1.807) is 0 Å². The van der Waals surface area contributed by atoms with Gasteiger partial charge in [0.25, 0.3) is 0 Å². The number of hydrogen-bond acceptors (Lipinski definition) is 5. The molecule has 0 fully saturated rings. The topological polar surface area (TPSA) is 89.6 Å². The third-order valence-electron chi connectivity index (χ3n) is 0.305. The molecule has 0 heterocycles. The summed E-state index contributed by atoms with van der Waals surface area (Å²) < 4.78 is 22.9. The van der Waals surface area contributed by atoms with Crippen molar-refractivity contribution in [3.05, 3.63) is 0 Å². The zero-order chi connectivity index (χ0) is 5.91. The van der Waals surface area contributed by atoms with Crippen molar-refractivity contribution in [1.29, 1.82) is 0 Å². The molecule has 3 N–H and O–H groups in total. The molecule has 0 atom stereocenters. The van der Waals surface area contributed by atoms with Crippen LogP contribution in [0.25, 0.3) is 0 Å². The van der Waals surface area contributed by atoms with Crippen LogP contribution in [0.2, 0.25) is 0 Å². The molecule has 0 radical (unpaired) electrons. The maximum absolute atomic E-state index is 9.77. The summed E-state index contributed by atoms with van der Waals surface area (Å²) in [4.78, 5) is 0. The van der Waals surface area contributed by atoms with Gasteiger partial charge < -0.3 is 5.11 Å². The Morgan fingerprint density at radius 3 is 2.14 bits per heavy atom. The predicted octanol–water partition coefficient (Wildman–Crippen LogP) is -1.84. The predicted molar refractivity (Wildman–Crippen MR) is 21.3 cm³/mol. The van der Waals surface area contributed by atoms with Crippen LogP contribution in [-0.2, 0) is 14.4 Å². The Hall–Kier alpha value is -0.170. The highest BCUT2D eigenvalue weighted by atomic mass is 32.2. The van der Waals surface area contributed by atoms with E-state index >= 15 is 0 Å². The van der Waals surface area contributed by atoms with Crippen LogP contribution in [0.5, 0.6) is 0 Å². The number of aliphatic hydroxyl groups excluding tert-OH is 1. The summed E-state index contributed by atoms with van der Waals surface area (Å²) in [6.45, 7) is 0. The highest BCUT2D eigenvalue weighted by Crippen LogP contribution is 1.79. The molecule has 44 valence electrons. The molecular weight excluding hydrogens is 122 g/mol. The lowest BCUT2D eigenvalue weighted by Crippen LogP contribution is -2.13. The lowest BCUT2D eigenvalue weighted by atomic mass is 11.7. The lowest BCUT2D eigenvalue weighted by molar-refractivity contribution is 0.286. The molecule has 0 unspecified atom stereocenters. The second kappa shape index (κ2) is 2.22. The van der Waals surface area contributed by atoms with E-state index in [-0.39, 0.29) is 0 Å². The highest BCUT2D eigenvalue weighted by molar-refractivity contribution is 7.86. The third kappa shape index (κ3) is 2.52. The fourth-order valence-electron chi connectivity index (χ4n) is 0.0304. The molecule has 0 aromatic heterocycles. The Morgan fingerprint density at radius 1 is 1.71 bits per heavy atom. The average molecular weight is 127 g/mol. The molecule has 7 heavy (non-hydrogen) atoms. The minimum absolute atomic E-state index is 1.08. The summed E-state index contributed by atoms with van der Waals surface area (Å²) in [6, 6.07) is 0. The van der Waals surface area contributed by atoms with Crippen molar-refractivity contribution in [1.82, 2.24) is 0 Å². The van der Waals surface area contributed by atoms with E-state index in [2.05, 4.69) is 10.2 Å². The molecule has 6 heteroatoms. The quantitative estimate of drug-likeness (QED) is 0.425. The van der Waals surface area contributed by atoms with Gasteiger partial charge in [-0.3, -0.25) is 0 Å². The Balaban J connectivity index is 3.89. The van der Waals surface area contributed by atoms with Crippen molar-refractivity contribution in [3.8, 4) is 0 Å². The summed E-state index contributed by atoms with van der Waals surface area (Å²) in [5.41, 5.74) is 0. The van der Waals surface area contributed by atoms with Crippen LogP contribution >= 0.6 is 0 Å². The van der Waals surface area contributed by atoms with Crippen molar-refractivity contribution >= 4 is 10.1 Å². The van der Waals surface area contributed by atoms with E-state index < -0.39 is 16.1 Å². The smallest absolute Gasteiger partial charge is 0.307 e. The Bertz CT molecular complexity index is 115. The Labute approximate surface area is 40.8 Å². The molecule has 5 nitrogen and oxygen atoms in total. The zero-order valence-corrected chi connectivity index (χ0v) is 4.18. The van der Waals surface area contributed by atoms with Crippen LogP contribution in [0.1, 0.15) is 0 Å². The van der Waals surface area contributed by atoms with Crippen LogP contribution in [-0.4, -0.2) is 19.5 Å². The van der Waals surface area contributed by atoms with Gasteiger partial charge >= 0.3 is 10.1 Å². The molecule has 0 aliphatic heterocycles. The maximum atomic E-state index is 9.77. The van der Waals surface area contributed by atoms with Gasteiger partial charge in [-0.25, -0.2) is 0 Å². The monoisotopic (exact) mass is 127 g/mol. The Morgan fingerprint density at radius 2 is 2.14 bits per heavy atom. The van der Waals surface area contributed by atoms with Crippen molar-refractivity contribution in [2.75, 3.05) is 5.94 Å². The van der Waals surface area contributed by atoms with E-state index in [1.165, 1.54) is 0 Å². The van der Waals surface area contributed by atoms with Crippen molar-refractivity contribution in [2.45, 2.75) is 0 Å². The number of rotatable bonds is 2. The number of aliphatic hydroxyl groups is 1. The molecule has 0 aliphatic rings. The standard InChI is InChI=1S/CH5NO4S/c2-6-7(4,5)1-3/h3H,1-2H2. The molecule has 0 rings (SSSR count). The van der Waals surface area contributed by atoms with E-state index in [0.717, 1.165) is 0 Å². The van der Waals surface area contributed by atoms with Gasteiger partial charge in [-0.1, -0.05) is 0 Å². The molecule has 0 saturated carbocycles. The highest BCUT2D eigenvalue weighted by Gasteiger charge is 2.03. The summed E-state index contributed by atoms with van der Waals surface area (Å²) >= 11 is 0. The molecule has 0 aromatic carbocycles.